The fraction of sp³-hybridized carbons (Fsp3) is 0.333. The zero-order valence-electron chi connectivity index (χ0n) is 15.8. The van der Waals surface area contributed by atoms with E-state index in [1.165, 1.54) is 5.56 Å². The molecule has 3 rings (SSSR count). The van der Waals surface area contributed by atoms with Crippen molar-refractivity contribution in [2.45, 2.75) is 19.6 Å². The minimum atomic E-state index is -0.590. The van der Waals surface area contributed by atoms with Gasteiger partial charge in [-0.15, -0.1) is 0 Å². The van der Waals surface area contributed by atoms with Gasteiger partial charge in [0.1, 0.15) is 6.10 Å². The molecule has 148 valence electrons. The summed E-state index contributed by atoms with van der Waals surface area (Å²) in [5, 5.41) is 5.81. The molecule has 0 radical (unpaired) electrons. The highest BCUT2D eigenvalue weighted by Gasteiger charge is 2.26. The number of benzene rings is 2. The zero-order chi connectivity index (χ0) is 19.9. The van der Waals surface area contributed by atoms with Crippen molar-refractivity contribution in [3.05, 3.63) is 64.7 Å². The van der Waals surface area contributed by atoms with Gasteiger partial charge in [0.2, 0.25) is 5.91 Å². The summed E-state index contributed by atoms with van der Waals surface area (Å²) >= 11 is 6.11. The van der Waals surface area contributed by atoms with Crippen LogP contribution in [0.25, 0.3) is 0 Å². The van der Waals surface area contributed by atoms with Crippen molar-refractivity contribution in [2.24, 2.45) is 0 Å². The third-order valence-electron chi connectivity index (χ3n) is 4.51. The summed E-state index contributed by atoms with van der Waals surface area (Å²) in [5.74, 6) is -0.626. The van der Waals surface area contributed by atoms with Crippen LogP contribution in [0, 0.1) is 6.92 Å². The molecule has 2 aromatic rings. The molecule has 1 unspecified atom stereocenters. The number of hydrogen-bond acceptors (Lipinski definition) is 4. The van der Waals surface area contributed by atoms with Gasteiger partial charge < -0.3 is 15.4 Å². The maximum atomic E-state index is 12.4. The lowest BCUT2D eigenvalue weighted by atomic mass is 10.2. The topological polar surface area (TPSA) is 70.7 Å². The van der Waals surface area contributed by atoms with Crippen molar-refractivity contribution in [1.29, 1.82) is 0 Å². The van der Waals surface area contributed by atoms with E-state index < -0.39 is 6.10 Å². The molecule has 2 N–H and O–H groups in total. The Hall–Kier alpha value is -2.41. The number of morpholine rings is 1. The third-order valence-corrected chi connectivity index (χ3v) is 4.83. The Bertz CT molecular complexity index is 829. The highest BCUT2D eigenvalue weighted by molar-refractivity contribution is 6.33. The zero-order valence-corrected chi connectivity index (χ0v) is 16.5. The van der Waals surface area contributed by atoms with Gasteiger partial charge in [0, 0.05) is 19.6 Å². The number of amides is 2. The van der Waals surface area contributed by atoms with Crippen molar-refractivity contribution in [3.63, 3.8) is 0 Å². The fourth-order valence-corrected chi connectivity index (χ4v) is 3.33. The molecule has 1 aliphatic rings. The molecular formula is C21H24ClN3O3. The number of anilines is 1. The second kappa shape index (κ2) is 9.68. The molecule has 0 spiro atoms. The van der Waals surface area contributed by atoms with Crippen LogP contribution in [-0.4, -0.2) is 49.1 Å². The molecule has 1 aliphatic heterocycles. The van der Waals surface area contributed by atoms with Gasteiger partial charge >= 0.3 is 0 Å². The lowest BCUT2D eigenvalue weighted by molar-refractivity contribution is -0.139. The minimum Gasteiger partial charge on any atom is -0.366 e. The molecule has 1 fully saturated rings. The van der Waals surface area contributed by atoms with E-state index in [4.69, 9.17) is 16.3 Å². The van der Waals surface area contributed by atoms with Crippen LogP contribution in [0.3, 0.4) is 0 Å². The Morgan fingerprint density at radius 3 is 2.75 bits per heavy atom. The number of rotatable bonds is 6. The molecule has 2 amide bonds. The molecule has 1 saturated heterocycles. The van der Waals surface area contributed by atoms with Crippen molar-refractivity contribution < 1.29 is 14.3 Å². The maximum absolute atomic E-state index is 12.4. The van der Waals surface area contributed by atoms with E-state index in [-0.39, 0.29) is 18.4 Å². The van der Waals surface area contributed by atoms with Gasteiger partial charge in [0.05, 0.1) is 23.9 Å². The highest BCUT2D eigenvalue weighted by atomic mass is 35.5. The van der Waals surface area contributed by atoms with Crippen molar-refractivity contribution >= 4 is 29.1 Å². The Labute approximate surface area is 169 Å². The SMILES string of the molecule is Cc1ccc(NC(=O)CNC(=O)C2CN(Cc3ccccc3)CCO2)c(Cl)c1. The van der Waals surface area contributed by atoms with E-state index in [1.54, 1.807) is 12.1 Å². The number of hydrogen-bond donors (Lipinski definition) is 2. The summed E-state index contributed by atoms with van der Waals surface area (Å²) in [5.41, 5.74) is 2.72. The molecule has 2 aromatic carbocycles. The monoisotopic (exact) mass is 401 g/mol. The first-order chi connectivity index (χ1) is 13.5. The van der Waals surface area contributed by atoms with E-state index in [2.05, 4.69) is 27.7 Å². The predicted molar refractivity (Wildman–Crippen MR) is 109 cm³/mol. The quantitative estimate of drug-likeness (QED) is 0.780. The number of nitrogens with zero attached hydrogens (tertiary/aromatic N) is 1. The van der Waals surface area contributed by atoms with Crippen LogP contribution in [0.5, 0.6) is 0 Å². The normalized spacial score (nSPS) is 17.1. The number of nitrogens with one attached hydrogen (secondary N) is 2. The summed E-state index contributed by atoms with van der Waals surface area (Å²) in [7, 11) is 0. The molecule has 0 saturated carbocycles. The van der Waals surface area contributed by atoms with Crippen LogP contribution in [0.15, 0.2) is 48.5 Å². The fourth-order valence-electron chi connectivity index (χ4n) is 3.04. The molecule has 0 aromatic heterocycles. The Morgan fingerprint density at radius 2 is 2.00 bits per heavy atom. The van der Waals surface area contributed by atoms with Crippen LogP contribution >= 0.6 is 11.6 Å². The smallest absolute Gasteiger partial charge is 0.250 e. The summed E-state index contributed by atoms with van der Waals surface area (Å²) < 4.78 is 5.58. The molecule has 6 nitrogen and oxygen atoms in total. The molecule has 7 heteroatoms. The lowest BCUT2D eigenvalue weighted by Crippen LogP contribution is -2.50. The average Bonchev–Trinajstić information content (AvgIpc) is 2.69. The van der Waals surface area contributed by atoms with Gasteiger partial charge in [-0.1, -0.05) is 48.0 Å². The maximum Gasteiger partial charge on any atom is 0.250 e. The summed E-state index contributed by atoms with van der Waals surface area (Å²) in [6, 6.07) is 15.5. The number of halogens is 1. The van der Waals surface area contributed by atoms with Gasteiger partial charge in [0.15, 0.2) is 0 Å². The predicted octanol–water partition coefficient (Wildman–Crippen LogP) is 2.60. The number of ether oxygens (including phenoxy) is 1. The van der Waals surface area contributed by atoms with Gasteiger partial charge in [0.25, 0.3) is 5.91 Å². The van der Waals surface area contributed by atoms with Crippen molar-refractivity contribution in [2.75, 3.05) is 31.6 Å². The standard InChI is InChI=1S/C21H24ClN3O3/c1-15-7-8-18(17(22)11-15)24-20(26)12-23-21(27)19-14-25(9-10-28-19)13-16-5-3-2-4-6-16/h2-8,11,19H,9-10,12-14H2,1H3,(H,23,27)(H,24,26). The van der Waals surface area contributed by atoms with Gasteiger partial charge in [-0.05, 0) is 30.2 Å². The van der Waals surface area contributed by atoms with Gasteiger partial charge in [-0.25, -0.2) is 0 Å². The average molecular weight is 402 g/mol. The highest BCUT2D eigenvalue weighted by Crippen LogP contribution is 2.22. The number of carbonyl (C=O) groups excluding carboxylic acids is 2. The van der Waals surface area contributed by atoms with Crippen LogP contribution in [0.2, 0.25) is 5.02 Å². The number of aryl methyl sites for hydroxylation is 1. The molecule has 0 aliphatic carbocycles. The molecule has 28 heavy (non-hydrogen) atoms. The van der Waals surface area contributed by atoms with Gasteiger partial charge in [-0.3, -0.25) is 14.5 Å². The van der Waals surface area contributed by atoms with Crippen molar-refractivity contribution in [1.82, 2.24) is 10.2 Å². The van der Waals surface area contributed by atoms with E-state index in [9.17, 15) is 9.59 Å². The van der Waals surface area contributed by atoms with Crippen LogP contribution in [0.4, 0.5) is 5.69 Å². The molecular weight excluding hydrogens is 378 g/mol. The summed E-state index contributed by atoms with van der Waals surface area (Å²) in [6.07, 6.45) is -0.590. The second-order valence-corrected chi connectivity index (χ2v) is 7.24. The summed E-state index contributed by atoms with van der Waals surface area (Å²) in [4.78, 5) is 26.7. The third kappa shape index (κ3) is 5.79. The van der Waals surface area contributed by atoms with Crippen LogP contribution < -0.4 is 10.6 Å². The van der Waals surface area contributed by atoms with E-state index in [0.29, 0.717) is 23.9 Å². The first-order valence-electron chi connectivity index (χ1n) is 9.23. The van der Waals surface area contributed by atoms with E-state index in [1.807, 2.05) is 31.2 Å². The lowest BCUT2D eigenvalue weighted by Gasteiger charge is -2.32. The van der Waals surface area contributed by atoms with Gasteiger partial charge in [-0.2, -0.15) is 0 Å². The molecule has 1 atom stereocenters. The molecule has 1 heterocycles. The summed E-state index contributed by atoms with van der Waals surface area (Å²) in [6.45, 7) is 4.29. The second-order valence-electron chi connectivity index (χ2n) is 6.83. The van der Waals surface area contributed by atoms with Crippen LogP contribution in [0.1, 0.15) is 11.1 Å². The first-order valence-corrected chi connectivity index (χ1v) is 9.60. The minimum absolute atomic E-state index is 0.137. The Balaban J connectivity index is 1.46. The van der Waals surface area contributed by atoms with E-state index in [0.717, 1.165) is 18.7 Å². The Morgan fingerprint density at radius 1 is 1.21 bits per heavy atom. The Kier molecular flexibility index (Phi) is 7.03. The molecule has 0 bridgehead atoms. The first kappa shape index (κ1) is 20.3. The van der Waals surface area contributed by atoms with E-state index >= 15 is 0 Å². The number of carbonyl (C=O) groups is 2. The largest absolute Gasteiger partial charge is 0.366 e. The van der Waals surface area contributed by atoms with Crippen LogP contribution in [-0.2, 0) is 20.9 Å². The van der Waals surface area contributed by atoms with Crippen molar-refractivity contribution in [3.8, 4) is 0 Å².